The van der Waals surface area contributed by atoms with E-state index in [0.29, 0.717) is 40.0 Å². The predicted octanol–water partition coefficient (Wildman–Crippen LogP) is 2.82. The first kappa shape index (κ1) is 17.4. The Morgan fingerprint density at radius 1 is 1.35 bits per heavy atom. The minimum absolute atomic E-state index is 0.132. The fraction of sp³-hybridized carbons (Fsp3) is 0.389. The van der Waals surface area contributed by atoms with Crippen molar-refractivity contribution in [2.75, 3.05) is 13.7 Å². The summed E-state index contributed by atoms with van der Waals surface area (Å²) < 4.78 is 4.89. The van der Waals surface area contributed by atoms with Gasteiger partial charge in [0.2, 0.25) is 0 Å². The summed E-state index contributed by atoms with van der Waals surface area (Å²) >= 11 is 12.5. The van der Waals surface area contributed by atoms with E-state index < -0.39 is 18.1 Å². The van der Waals surface area contributed by atoms with Gasteiger partial charge < -0.3 is 14.5 Å². The van der Waals surface area contributed by atoms with Crippen LogP contribution in [0.15, 0.2) is 35.1 Å². The fourth-order valence-corrected chi connectivity index (χ4v) is 4.44. The highest BCUT2D eigenvalue weighted by Crippen LogP contribution is 2.41. The van der Waals surface area contributed by atoms with Crippen molar-refractivity contribution in [1.82, 2.24) is 4.90 Å². The van der Waals surface area contributed by atoms with E-state index in [2.05, 4.69) is 5.16 Å². The first-order chi connectivity index (χ1) is 12.5. The van der Waals surface area contributed by atoms with Crippen LogP contribution in [0.25, 0.3) is 0 Å². The van der Waals surface area contributed by atoms with Crippen LogP contribution in [-0.4, -0.2) is 48.2 Å². The van der Waals surface area contributed by atoms with Crippen LogP contribution < -0.4 is 0 Å². The van der Waals surface area contributed by atoms with Gasteiger partial charge in [-0.1, -0.05) is 34.4 Å². The summed E-state index contributed by atoms with van der Waals surface area (Å²) in [7, 11) is 1.36. The Labute approximate surface area is 160 Å². The van der Waals surface area contributed by atoms with Gasteiger partial charge in [0.15, 0.2) is 11.9 Å². The van der Waals surface area contributed by atoms with E-state index >= 15 is 0 Å². The molecular weight excluding hydrogens is 379 g/mol. The Bertz CT molecular complexity index is 831. The minimum atomic E-state index is -0.610. The smallest absolute Gasteiger partial charge is 0.328 e. The van der Waals surface area contributed by atoms with Crippen LogP contribution in [0.5, 0.6) is 0 Å². The van der Waals surface area contributed by atoms with E-state index in [1.165, 1.54) is 13.2 Å². The van der Waals surface area contributed by atoms with Crippen molar-refractivity contribution in [3.63, 3.8) is 0 Å². The van der Waals surface area contributed by atoms with Gasteiger partial charge in [0.05, 0.1) is 22.9 Å². The molecule has 2 aliphatic heterocycles. The number of esters is 1. The monoisotopic (exact) mass is 394 g/mol. The van der Waals surface area contributed by atoms with Crippen LogP contribution in [0.1, 0.15) is 18.4 Å². The van der Waals surface area contributed by atoms with Crippen molar-refractivity contribution in [1.29, 1.82) is 0 Å². The van der Waals surface area contributed by atoms with Crippen LogP contribution in [0.3, 0.4) is 0 Å². The number of fused-ring (bicyclic) bond motifs is 1. The molecule has 0 radical (unpaired) electrons. The van der Waals surface area contributed by atoms with Crippen molar-refractivity contribution in [3.8, 4) is 0 Å². The van der Waals surface area contributed by atoms with E-state index in [1.807, 2.05) is 4.90 Å². The molecular formula is C18H16Cl2N2O4. The highest BCUT2D eigenvalue weighted by Gasteiger charge is 2.50. The zero-order valence-corrected chi connectivity index (χ0v) is 15.5. The minimum Gasteiger partial charge on any atom is -0.467 e. The maximum absolute atomic E-state index is 12.7. The zero-order valence-electron chi connectivity index (χ0n) is 13.9. The summed E-state index contributed by atoms with van der Waals surface area (Å²) in [5.74, 6) is -1.05. The lowest BCUT2D eigenvalue weighted by Gasteiger charge is -2.28. The Hall–Kier alpha value is -2.05. The summed E-state index contributed by atoms with van der Waals surface area (Å²) in [5, 5.41) is 4.94. The van der Waals surface area contributed by atoms with Gasteiger partial charge in [-0.3, -0.25) is 4.79 Å². The second kappa shape index (κ2) is 6.59. The number of halogens is 2. The summed E-state index contributed by atoms with van der Waals surface area (Å²) in [6.07, 6.45) is 2.48. The van der Waals surface area contributed by atoms with Crippen molar-refractivity contribution in [2.45, 2.75) is 25.0 Å². The molecule has 1 saturated heterocycles. The molecule has 6 nitrogen and oxygen atoms in total. The quantitative estimate of drug-likeness (QED) is 0.737. The lowest BCUT2D eigenvalue weighted by atomic mass is 9.92. The summed E-state index contributed by atoms with van der Waals surface area (Å²) in [6, 6.07) is 4.71. The second-order valence-corrected chi connectivity index (χ2v) is 7.24. The molecule has 1 aliphatic carbocycles. The standard InChI is InChI=1S/C18H16Cl2N2O4/c1-25-18(24)11-6-3-7-22(11)12-8-13(23)15-16(21-26-17(12)15)14-9(19)4-2-5-10(14)20/h2,4-5,8,11,15,17H,3,6-7H2,1H3/t11-,15?,17?/m0/s1. The molecule has 1 aromatic rings. The molecule has 2 unspecified atom stereocenters. The Kier molecular flexibility index (Phi) is 4.40. The molecule has 26 heavy (non-hydrogen) atoms. The van der Waals surface area contributed by atoms with Crippen LogP contribution in [0, 0.1) is 5.92 Å². The number of carbonyl (C=O) groups excluding carboxylic acids is 2. The van der Waals surface area contributed by atoms with Crippen molar-refractivity contribution >= 4 is 40.7 Å². The highest BCUT2D eigenvalue weighted by atomic mass is 35.5. The van der Waals surface area contributed by atoms with E-state index in [0.717, 1.165) is 6.42 Å². The SMILES string of the molecule is COC(=O)[C@@H]1CCCN1C1=CC(=O)C2C(c3c(Cl)cccc3Cl)=NOC12. The largest absolute Gasteiger partial charge is 0.467 e. The van der Waals surface area contributed by atoms with Crippen LogP contribution in [0.2, 0.25) is 10.0 Å². The number of carbonyl (C=O) groups is 2. The maximum Gasteiger partial charge on any atom is 0.328 e. The van der Waals surface area contributed by atoms with E-state index in [4.69, 9.17) is 32.8 Å². The summed E-state index contributed by atoms with van der Waals surface area (Å²) in [6.45, 7) is 0.660. The molecule has 2 heterocycles. The normalized spacial score (nSPS) is 27.1. The zero-order chi connectivity index (χ0) is 18.4. The molecule has 0 amide bonds. The topological polar surface area (TPSA) is 68.2 Å². The number of hydrogen-bond donors (Lipinski definition) is 0. The third-order valence-electron chi connectivity index (χ3n) is 5.03. The van der Waals surface area contributed by atoms with E-state index in [-0.39, 0.29) is 11.8 Å². The molecule has 0 N–H and O–H groups in total. The number of ether oxygens (including phenoxy) is 1. The fourth-order valence-electron chi connectivity index (χ4n) is 3.85. The third-order valence-corrected chi connectivity index (χ3v) is 5.66. The number of benzene rings is 1. The number of ketones is 1. The molecule has 1 fully saturated rings. The number of methoxy groups -OCH3 is 1. The molecule has 4 rings (SSSR count). The highest BCUT2D eigenvalue weighted by molar-refractivity contribution is 6.41. The number of allylic oxidation sites excluding steroid dienone is 1. The molecule has 8 heteroatoms. The van der Waals surface area contributed by atoms with Gasteiger partial charge >= 0.3 is 5.97 Å². The molecule has 0 saturated carbocycles. The maximum atomic E-state index is 12.7. The number of hydrogen-bond acceptors (Lipinski definition) is 6. The van der Waals surface area contributed by atoms with Gasteiger partial charge in [0.25, 0.3) is 0 Å². The molecule has 0 spiro atoms. The molecule has 3 aliphatic rings. The van der Waals surface area contributed by atoms with Crippen molar-refractivity contribution in [2.24, 2.45) is 11.1 Å². The van der Waals surface area contributed by atoms with Gasteiger partial charge in [0, 0.05) is 18.2 Å². The number of nitrogens with zero attached hydrogens (tertiary/aromatic N) is 2. The van der Waals surface area contributed by atoms with Crippen LogP contribution in [0.4, 0.5) is 0 Å². The molecule has 1 aromatic carbocycles. The summed E-state index contributed by atoms with van der Waals surface area (Å²) in [4.78, 5) is 32.2. The number of likely N-dealkylation sites (tertiary alicyclic amines) is 1. The second-order valence-electron chi connectivity index (χ2n) is 6.42. The first-order valence-corrected chi connectivity index (χ1v) is 9.06. The van der Waals surface area contributed by atoms with Crippen LogP contribution >= 0.6 is 23.2 Å². The number of rotatable bonds is 3. The van der Waals surface area contributed by atoms with Gasteiger partial charge in [-0.2, -0.15) is 0 Å². The lowest BCUT2D eigenvalue weighted by molar-refractivity contribution is -0.145. The Morgan fingerprint density at radius 2 is 2.08 bits per heavy atom. The van der Waals surface area contributed by atoms with Gasteiger partial charge in [-0.15, -0.1) is 0 Å². The lowest BCUT2D eigenvalue weighted by Crippen LogP contribution is -2.40. The van der Waals surface area contributed by atoms with E-state index in [1.54, 1.807) is 18.2 Å². The predicted molar refractivity (Wildman–Crippen MR) is 96.2 cm³/mol. The molecule has 136 valence electrons. The van der Waals surface area contributed by atoms with Gasteiger partial charge in [-0.05, 0) is 25.0 Å². The molecule has 3 atom stereocenters. The van der Waals surface area contributed by atoms with Gasteiger partial charge in [0.1, 0.15) is 17.7 Å². The van der Waals surface area contributed by atoms with Gasteiger partial charge in [-0.25, -0.2) is 4.79 Å². The van der Waals surface area contributed by atoms with E-state index in [9.17, 15) is 9.59 Å². The summed E-state index contributed by atoms with van der Waals surface area (Å²) in [5.41, 5.74) is 1.60. The molecule has 0 aromatic heterocycles. The van der Waals surface area contributed by atoms with Crippen molar-refractivity contribution in [3.05, 3.63) is 45.6 Å². The van der Waals surface area contributed by atoms with Crippen molar-refractivity contribution < 1.29 is 19.2 Å². The average molecular weight is 395 g/mol. The Morgan fingerprint density at radius 3 is 2.77 bits per heavy atom. The first-order valence-electron chi connectivity index (χ1n) is 8.31. The third kappa shape index (κ3) is 2.59. The number of oxime groups is 1. The average Bonchev–Trinajstić information content (AvgIpc) is 3.32. The molecule has 0 bridgehead atoms. The Balaban J connectivity index is 1.65. The van der Waals surface area contributed by atoms with Crippen LogP contribution in [-0.2, 0) is 19.2 Å².